The highest BCUT2D eigenvalue weighted by Gasteiger charge is 2.29. The Balaban J connectivity index is 0.000000159. The molecular formula is C50H48O6P4. The van der Waals surface area contributed by atoms with Crippen molar-refractivity contribution in [2.75, 3.05) is 13.3 Å². The van der Waals surface area contributed by atoms with Crippen molar-refractivity contribution in [1.29, 1.82) is 0 Å². The number of rotatable bonds is 10. The third-order valence-corrected chi connectivity index (χ3v) is 14.9. The van der Waals surface area contributed by atoms with Crippen molar-refractivity contribution in [1.82, 2.24) is 0 Å². The largest absolute Gasteiger partial charge is 0.448 e. The van der Waals surface area contributed by atoms with Crippen molar-refractivity contribution < 1.29 is 28.0 Å². The number of hydrogen-bond donors (Lipinski definition) is 2. The van der Waals surface area contributed by atoms with E-state index in [4.69, 9.17) is 18.8 Å². The average molecular weight is 869 g/mol. The maximum atomic E-state index is 13.8. The summed E-state index contributed by atoms with van der Waals surface area (Å²) in [6, 6.07) is 79.3. The van der Waals surface area contributed by atoms with E-state index < -0.39 is 31.0 Å². The van der Waals surface area contributed by atoms with Crippen molar-refractivity contribution in [3.63, 3.8) is 0 Å². The van der Waals surface area contributed by atoms with Gasteiger partial charge in [-0.2, -0.15) is 0 Å². The van der Waals surface area contributed by atoms with Gasteiger partial charge in [-0.1, -0.05) is 218 Å². The van der Waals surface area contributed by atoms with Crippen LogP contribution in [0.1, 0.15) is 0 Å². The minimum Gasteiger partial charge on any atom is -0.448 e. The Bertz CT molecular complexity index is 2260. The molecule has 60 heavy (non-hydrogen) atoms. The van der Waals surface area contributed by atoms with Crippen LogP contribution in [0.5, 0.6) is 11.5 Å². The van der Waals surface area contributed by atoms with Gasteiger partial charge >= 0.3 is 7.60 Å². The molecular weight excluding hydrogens is 820 g/mol. The standard InChI is InChI=1S/C18H15OP.C18H15P.C7H9O3P.C7H9O2P/c19-20(16-10-4-1-5-11-16,17-12-6-2-7-13-17)18-14-8-3-9-15-18;1-4-10-16(11-5-1)19(17-12-6-2-7-13-17)18-14-8-3-9-15-18;1-11(8,9)10-7-5-3-2-4-6-7;1-10(8)9-7-5-3-2-4-6-7/h1-15H;1-15H;2-6H,1H3,(H,8,9);2-6,8H,1H3. The summed E-state index contributed by atoms with van der Waals surface area (Å²) >= 11 is 0. The van der Waals surface area contributed by atoms with Gasteiger partial charge in [0.2, 0.25) is 8.38 Å². The highest BCUT2D eigenvalue weighted by Crippen LogP contribution is 2.42. The highest BCUT2D eigenvalue weighted by molar-refractivity contribution is 7.85. The third-order valence-electron chi connectivity index (χ3n) is 8.40. The molecule has 0 bridgehead atoms. The van der Waals surface area contributed by atoms with Gasteiger partial charge in [0.15, 0.2) is 7.14 Å². The molecule has 0 heterocycles. The average Bonchev–Trinajstić information content (AvgIpc) is 3.29. The molecule has 8 aromatic carbocycles. The lowest BCUT2D eigenvalue weighted by molar-refractivity contribution is 0.387. The molecule has 0 radical (unpaired) electrons. The molecule has 8 rings (SSSR count). The second-order valence-corrected chi connectivity index (χ2v) is 20.9. The van der Waals surface area contributed by atoms with Gasteiger partial charge in [0.25, 0.3) is 0 Å². The Morgan fingerprint density at radius 3 is 0.917 bits per heavy atom. The first-order valence-corrected chi connectivity index (χ1v) is 25.8. The summed E-state index contributed by atoms with van der Waals surface area (Å²) in [5.74, 6) is 1.14. The summed E-state index contributed by atoms with van der Waals surface area (Å²) in [5, 5.41) is 6.81. The molecule has 0 saturated heterocycles. The maximum absolute atomic E-state index is 13.8. The molecule has 0 aliphatic heterocycles. The first kappa shape index (κ1) is 45.7. The molecule has 0 spiro atoms. The summed E-state index contributed by atoms with van der Waals surface area (Å²) in [4.78, 5) is 17.7. The van der Waals surface area contributed by atoms with E-state index in [-0.39, 0.29) is 0 Å². The fourth-order valence-electron chi connectivity index (χ4n) is 5.85. The topological polar surface area (TPSA) is 93.1 Å². The zero-order valence-electron chi connectivity index (χ0n) is 33.4. The van der Waals surface area contributed by atoms with E-state index in [0.717, 1.165) is 28.3 Å². The Hall–Kier alpha value is -5.40. The van der Waals surface area contributed by atoms with Crippen LogP contribution in [-0.4, -0.2) is 23.1 Å². The highest BCUT2D eigenvalue weighted by atomic mass is 31.2. The molecule has 0 aromatic heterocycles. The molecule has 0 aliphatic carbocycles. The monoisotopic (exact) mass is 868 g/mol. The van der Waals surface area contributed by atoms with Gasteiger partial charge in [-0.3, -0.25) is 0 Å². The second-order valence-electron chi connectivity index (χ2n) is 13.0. The zero-order chi connectivity index (χ0) is 42.5. The van der Waals surface area contributed by atoms with Crippen molar-refractivity contribution in [3.05, 3.63) is 243 Å². The van der Waals surface area contributed by atoms with E-state index in [9.17, 15) is 9.13 Å². The van der Waals surface area contributed by atoms with Gasteiger partial charge in [-0.25, -0.2) is 4.57 Å². The molecule has 10 heteroatoms. The Morgan fingerprint density at radius 1 is 0.400 bits per heavy atom. The minimum absolute atomic E-state index is 0.417. The van der Waals surface area contributed by atoms with Gasteiger partial charge < -0.3 is 23.4 Å². The molecule has 6 nitrogen and oxygen atoms in total. The normalized spacial score (nSPS) is 12.0. The molecule has 0 saturated carbocycles. The summed E-state index contributed by atoms with van der Waals surface area (Å²) in [6.07, 6.45) is 0. The van der Waals surface area contributed by atoms with Crippen LogP contribution in [0.15, 0.2) is 243 Å². The summed E-state index contributed by atoms with van der Waals surface area (Å²) < 4.78 is 34.3. The van der Waals surface area contributed by atoms with Crippen LogP contribution in [0.4, 0.5) is 0 Å². The lowest BCUT2D eigenvalue weighted by Gasteiger charge is -2.19. The Morgan fingerprint density at radius 2 is 0.650 bits per heavy atom. The van der Waals surface area contributed by atoms with Crippen LogP contribution >= 0.6 is 31.0 Å². The van der Waals surface area contributed by atoms with E-state index in [1.165, 1.54) is 15.9 Å². The van der Waals surface area contributed by atoms with Crippen LogP contribution in [0.3, 0.4) is 0 Å². The lowest BCUT2D eigenvalue weighted by Crippen LogP contribution is -2.24. The first-order valence-electron chi connectivity index (χ1n) is 19.1. The smallest absolute Gasteiger partial charge is 0.373 e. The minimum atomic E-state index is -3.39. The van der Waals surface area contributed by atoms with Crippen molar-refractivity contribution in [3.8, 4) is 11.5 Å². The fraction of sp³-hybridized carbons (Fsp3) is 0.0400. The van der Waals surface area contributed by atoms with Gasteiger partial charge in [-0.15, -0.1) is 0 Å². The molecule has 2 unspecified atom stereocenters. The van der Waals surface area contributed by atoms with Crippen molar-refractivity contribution >= 4 is 62.9 Å². The predicted molar refractivity (Wildman–Crippen MR) is 256 cm³/mol. The van der Waals surface area contributed by atoms with Crippen LogP contribution in [0, 0.1) is 0 Å². The number of hydrogen-bond acceptors (Lipinski definition) is 5. The summed E-state index contributed by atoms with van der Waals surface area (Å²) in [6.45, 7) is 2.79. The fourth-order valence-corrected chi connectivity index (χ4v) is 11.8. The van der Waals surface area contributed by atoms with Gasteiger partial charge in [0.1, 0.15) is 11.5 Å². The molecule has 0 aliphatic rings. The van der Waals surface area contributed by atoms with Crippen molar-refractivity contribution in [2.45, 2.75) is 0 Å². The lowest BCUT2D eigenvalue weighted by atomic mass is 10.3. The van der Waals surface area contributed by atoms with Crippen LogP contribution in [-0.2, 0) is 9.13 Å². The summed E-state index contributed by atoms with van der Waals surface area (Å²) in [7, 11) is -7.89. The molecule has 2 atom stereocenters. The van der Waals surface area contributed by atoms with E-state index in [1.807, 2.05) is 127 Å². The maximum Gasteiger partial charge on any atom is 0.373 e. The Labute approximate surface area is 356 Å². The SMILES string of the molecule is CP(=O)(O)Oc1ccccc1.CP(O)Oc1ccccc1.O=P(c1ccccc1)(c1ccccc1)c1ccccc1.c1ccc(P(c2ccccc2)c2ccccc2)cc1. The summed E-state index contributed by atoms with van der Waals surface area (Å²) in [5.41, 5.74) is 0. The van der Waals surface area contributed by atoms with Gasteiger partial charge in [0.05, 0.1) is 0 Å². The van der Waals surface area contributed by atoms with E-state index in [2.05, 4.69) is 91.0 Å². The molecule has 0 fully saturated rings. The third kappa shape index (κ3) is 14.7. The van der Waals surface area contributed by atoms with Crippen LogP contribution in [0.2, 0.25) is 0 Å². The molecule has 2 N–H and O–H groups in total. The van der Waals surface area contributed by atoms with E-state index >= 15 is 0 Å². The van der Waals surface area contributed by atoms with E-state index in [0.29, 0.717) is 5.75 Å². The zero-order valence-corrected chi connectivity index (χ0v) is 37.0. The molecule has 8 aromatic rings. The molecule has 304 valence electrons. The van der Waals surface area contributed by atoms with Crippen LogP contribution < -0.4 is 40.9 Å². The number of para-hydroxylation sites is 2. The van der Waals surface area contributed by atoms with Gasteiger partial charge in [0, 0.05) is 29.2 Å². The number of benzene rings is 8. The van der Waals surface area contributed by atoms with Gasteiger partial charge in [-0.05, 0) is 48.1 Å². The van der Waals surface area contributed by atoms with E-state index in [1.54, 1.807) is 30.9 Å². The Kier molecular flexibility index (Phi) is 18.3. The van der Waals surface area contributed by atoms with Crippen LogP contribution in [0.25, 0.3) is 0 Å². The quantitative estimate of drug-likeness (QED) is 0.133. The molecule has 0 amide bonds. The first-order chi connectivity index (χ1) is 29.1. The predicted octanol–water partition coefficient (Wildman–Crippen LogP) is 10.7. The van der Waals surface area contributed by atoms with Crippen molar-refractivity contribution in [2.24, 2.45) is 0 Å². The second kappa shape index (κ2) is 24.0.